The van der Waals surface area contributed by atoms with Gasteiger partial charge in [-0.1, -0.05) is 152 Å². The van der Waals surface area contributed by atoms with Gasteiger partial charge in [0.25, 0.3) is 0 Å². The van der Waals surface area contributed by atoms with E-state index in [9.17, 15) is 4.79 Å². The Hall–Kier alpha value is -2.48. The third kappa shape index (κ3) is 10.8. The number of pyridine rings is 1. The fourth-order valence-corrected chi connectivity index (χ4v) is 5.46. The number of Topliss-reactive ketones (excluding diaryl/α,β-unsaturated/α-hetero) is 1. The summed E-state index contributed by atoms with van der Waals surface area (Å²) in [6.45, 7) is 2.70. The van der Waals surface area contributed by atoms with Gasteiger partial charge in [-0.15, -0.1) is 0 Å². The van der Waals surface area contributed by atoms with Crippen molar-refractivity contribution >= 4 is 16.6 Å². The molecule has 0 aliphatic rings. The number of aryl methyl sites for hydroxylation is 1. The molecule has 0 unspecified atom stereocenters. The first-order chi connectivity index (χ1) is 18.3. The fraction of sp³-hybridized carbons (Fsp3) is 0.543. The monoisotopic (exact) mass is 500 g/mol. The summed E-state index contributed by atoms with van der Waals surface area (Å²) in [5.74, 6) is 0.175. The lowest BCUT2D eigenvalue weighted by molar-refractivity contribution is -0.689. The molecule has 0 spiro atoms. The van der Waals surface area contributed by atoms with Crippen LogP contribution in [0.5, 0.6) is 0 Å². The minimum absolute atomic E-state index is 0.175. The number of rotatable bonds is 20. The van der Waals surface area contributed by atoms with E-state index in [1.165, 1.54) is 119 Å². The zero-order chi connectivity index (χ0) is 26.0. The number of carbonyl (C=O) groups excluding carboxylic acids is 1. The molecular weight excluding hydrogens is 450 g/mol. The molecule has 3 rings (SSSR count). The predicted octanol–water partition coefficient (Wildman–Crippen LogP) is 9.81. The molecule has 2 aromatic carbocycles. The van der Waals surface area contributed by atoms with Crippen molar-refractivity contribution in [3.8, 4) is 0 Å². The number of fused-ring (bicyclic) bond motifs is 1. The van der Waals surface area contributed by atoms with Crippen LogP contribution in [-0.4, -0.2) is 5.78 Å². The van der Waals surface area contributed by atoms with Gasteiger partial charge in [-0.05, 0) is 17.9 Å². The van der Waals surface area contributed by atoms with Crippen LogP contribution in [0.1, 0.15) is 126 Å². The number of unbranched alkanes of at least 4 members (excludes halogenated alkanes) is 15. The molecule has 37 heavy (non-hydrogen) atoms. The molecule has 2 heteroatoms. The first kappa shape index (κ1) is 29.1. The fourth-order valence-electron chi connectivity index (χ4n) is 5.46. The molecular formula is C35H50NO+. The number of hydrogen-bond donors (Lipinski definition) is 0. The first-order valence-corrected chi connectivity index (χ1v) is 15.3. The molecule has 0 saturated heterocycles. The number of benzene rings is 2. The van der Waals surface area contributed by atoms with Crippen molar-refractivity contribution in [1.29, 1.82) is 0 Å². The molecule has 0 radical (unpaired) electrons. The molecule has 0 saturated carbocycles. The third-order valence-corrected chi connectivity index (χ3v) is 7.73. The van der Waals surface area contributed by atoms with E-state index in [4.69, 9.17) is 0 Å². The highest BCUT2D eigenvalue weighted by Crippen LogP contribution is 2.19. The van der Waals surface area contributed by atoms with E-state index in [-0.39, 0.29) is 5.78 Å². The van der Waals surface area contributed by atoms with Gasteiger partial charge in [0.2, 0.25) is 12.3 Å². The molecule has 200 valence electrons. The normalized spacial score (nSPS) is 11.3. The molecule has 3 aromatic rings. The number of hydrogen-bond acceptors (Lipinski definition) is 1. The second-order valence-corrected chi connectivity index (χ2v) is 10.8. The topological polar surface area (TPSA) is 20.9 Å². The van der Waals surface area contributed by atoms with E-state index >= 15 is 0 Å². The maximum absolute atomic E-state index is 12.9. The van der Waals surface area contributed by atoms with Crippen LogP contribution < -0.4 is 4.57 Å². The van der Waals surface area contributed by atoms with Crippen LogP contribution in [0.3, 0.4) is 0 Å². The average Bonchev–Trinajstić information content (AvgIpc) is 2.94. The zero-order valence-corrected chi connectivity index (χ0v) is 23.4. The van der Waals surface area contributed by atoms with E-state index in [2.05, 4.69) is 48.0 Å². The number of nitrogens with zero attached hydrogens (tertiary/aromatic N) is 1. The van der Waals surface area contributed by atoms with Gasteiger partial charge in [0.05, 0.1) is 0 Å². The van der Waals surface area contributed by atoms with Crippen molar-refractivity contribution in [2.24, 2.45) is 0 Å². The van der Waals surface area contributed by atoms with Crippen molar-refractivity contribution < 1.29 is 9.36 Å². The van der Waals surface area contributed by atoms with E-state index in [1.54, 1.807) is 0 Å². The predicted molar refractivity (Wildman–Crippen MR) is 158 cm³/mol. The van der Waals surface area contributed by atoms with Crippen LogP contribution in [0.2, 0.25) is 0 Å². The van der Waals surface area contributed by atoms with Gasteiger partial charge in [0.1, 0.15) is 0 Å². The smallest absolute Gasteiger partial charge is 0.227 e. The highest BCUT2D eigenvalue weighted by atomic mass is 16.1. The van der Waals surface area contributed by atoms with Crippen LogP contribution in [0, 0.1) is 0 Å². The Morgan fingerprint density at radius 3 is 1.70 bits per heavy atom. The number of ketones is 1. The van der Waals surface area contributed by atoms with Gasteiger partial charge >= 0.3 is 0 Å². The van der Waals surface area contributed by atoms with Gasteiger partial charge in [0, 0.05) is 23.4 Å². The summed E-state index contributed by atoms with van der Waals surface area (Å²) in [5, 5.41) is 2.55. The van der Waals surface area contributed by atoms with Crippen molar-refractivity contribution in [3.05, 3.63) is 78.1 Å². The SMILES string of the molecule is CCCCCCCCCCCCCCCCCCc1c2ccccc2cc[n+]1CC(=O)c1ccccc1. The van der Waals surface area contributed by atoms with Crippen LogP contribution in [0.15, 0.2) is 66.9 Å². The largest absolute Gasteiger partial charge is 0.287 e. The summed E-state index contributed by atoms with van der Waals surface area (Å²) in [6, 6.07) is 20.4. The van der Waals surface area contributed by atoms with Gasteiger partial charge in [-0.25, -0.2) is 0 Å². The Balaban J connectivity index is 1.33. The third-order valence-electron chi connectivity index (χ3n) is 7.73. The Morgan fingerprint density at radius 1 is 0.595 bits per heavy atom. The molecule has 2 nitrogen and oxygen atoms in total. The second-order valence-electron chi connectivity index (χ2n) is 10.8. The number of aromatic nitrogens is 1. The molecule has 1 heterocycles. The summed E-state index contributed by atoms with van der Waals surface area (Å²) in [4.78, 5) is 12.9. The Morgan fingerprint density at radius 2 is 1.11 bits per heavy atom. The maximum atomic E-state index is 12.9. The van der Waals surface area contributed by atoms with E-state index < -0.39 is 0 Å². The zero-order valence-electron chi connectivity index (χ0n) is 23.4. The quantitative estimate of drug-likeness (QED) is 0.0859. The Kier molecular flexibility index (Phi) is 14.1. The lowest BCUT2D eigenvalue weighted by atomic mass is 10.0. The molecule has 0 fully saturated rings. The first-order valence-electron chi connectivity index (χ1n) is 15.3. The van der Waals surface area contributed by atoms with Crippen LogP contribution in [0.4, 0.5) is 0 Å². The molecule has 0 aliphatic carbocycles. The van der Waals surface area contributed by atoms with Crippen LogP contribution >= 0.6 is 0 Å². The summed E-state index contributed by atoms with van der Waals surface area (Å²) in [6.07, 6.45) is 25.3. The maximum Gasteiger partial charge on any atom is 0.227 e. The molecule has 0 bridgehead atoms. The molecule has 0 amide bonds. The van der Waals surface area contributed by atoms with E-state index in [0.717, 1.165) is 12.0 Å². The van der Waals surface area contributed by atoms with Crippen molar-refractivity contribution in [2.75, 3.05) is 0 Å². The van der Waals surface area contributed by atoms with Crippen molar-refractivity contribution in [2.45, 2.75) is 123 Å². The van der Waals surface area contributed by atoms with Crippen molar-refractivity contribution in [1.82, 2.24) is 0 Å². The van der Waals surface area contributed by atoms with Gasteiger partial charge in [-0.3, -0.25) is 4.79 Å². The Bertz CT molecular complexity index is 1030. The average molecular weight is 501 g/mol. The number of carbonyl (C=O) groups is 1. The lowest BCUT2D eigenvalue weighted by Gasteiger charge is -2.08. The second kappa shape index (κ2) is 17.9. The summed E-state index contributed by atoms with van der Waals surface area (Å²) >= 11 is 0. The van der Waals surface area contributed by atoms with Gasteiger partial charge < -0.3 is 0 Å². The minimum Gasteiger partial charge on any atom is -0.287 e. The van der Waals surface area contributed by atoms with Gasteiger partial charge in [0.15, 0.2) is 11.9 Å². The molecule has 0 aliphatic heterocycles. The Labute approximate surface area is 226 Å². The highest BCUT2D eigenvalue weighted by molar-refractivity contribution is 5.95. The molecule has 0 atom stereocenters. The van der Waals surface area contributed by atoms with Gasteiger partial charge in [-0.2, -0.15) is 4.57 Å². The highest BCUT2D eigenvalue weighted by Gasteiger charge is 2.19. The summed E-state index contributed by atoms with van der Waals surface area (Å²) in [7, 11) is 0. The minimum atomic E-state index is 0.175. The summed E-state index contributed by atoms with van der Waals surface area (Å²) < 4.78 is 2.18. The van der Waals surface area contributed by atoms with E-state index in [0.29, 0.717) is 6.54 Å². The summed E-state index contributed by atoms with van der Waals surface area (Å²) in [5.41, 5.74) is 2.09. The lowest BCUT2D eigenvalue weighted by Crippen LogP contribution is -2.42. The van der Waals surface area contributed by atoms with Crippen LogP contribution in [0.25, 0.3) is 10.8 Å². The van der Waals surface area contributed by atoms with Crippen molar-refractivity contribution in [3.63, 3.8) is 0 Å². The van der Waals surface area contributed by atoms with Crippen LogP contribution in [-0.2, 0) is 13.0 Å². The van der Waals surface area contributed by atoms with E-state index in [1.807, 2.05) is 30.3 Å². The standard InChI is InChI=1S/C35H50NO/c1-2-3-4-5-6-7-8-9-10-11-12-13-14-15-16-20-27-34-33-26-22-21-23-31(33)28-29-36(34)30-35(37)32-24-18-17-19-25-32/h17-19,21-26,28-29H,2-16,20,27,30H2,1H3/q+1. The molecule has 1 aromatic heterocycles. The molecule has 0 N–H and O–H groups in total.